The maximum Gasteiger partial charge on any atom is 0.231 e. The molecular formula is C24H38O7Zr. The van der Waals surface area contributed by atoms with E-state index in [2.05, 4.69) is 19.9 Å². The van der Waals surface area contributed by atoms with Gasteiger partial charge in [-0.05, 0) is 49.9 Å². The van der Waals surface area contributed by atoms with Gasteiger partial charge in [0.25, 0.3) is 0 Å². The van der Waals surface area contributed by atoms with Crippen LogP contribution in [0, 0.1) is 0 Å². The smallest absolute Gasteiger partial charge is 0.231 e. The zero-order valence-corrected chi connectivity index (χ0v) is 22.5. The minimum atomic E-state index is -0.0625. The molecule has 0 aromatic heterocycles. The second-order valence-electron chi connectivity index (χ2n) is 7.44. The molecule has 0 atom stereocenters. The van der Waals surface area contributed by atoms with Crippen LogP contribution in [0.5, 0.6) is 11.5 Å². The molecule has 2 rings (SSSR count). The molecule has 1 aliphatic rings. The van der Waals surface area contributed by atoms with Gasteiger partial charge in [0.1, 0.15) is 11.6 Å². The van der Waals surface area contributed by atoms with Crippen molar-refractivity contribution in [2.75, 3.05) is 39.8 Å². The summed E-state index contributed by atoms with van der Waals surface area (Å²) in [5.74, 6) is 1.53. The Kier molecular flexibility index (Phi) is 18.7. The summed E-state index contributed by atoms with van der Waals surface area (Å²) in [5.41, 5.74) is 2.44. The van der Waals surface area contributed by atoms with Crippen LogP contribution < -0.4 is 9.47 Å². The third-order valence-electron chi connectivity index (χ3n) is 4.36. The Hall–Kier alpha value is -1.08. The van der Waals surface area contributed by atoms with Gasteiger partial charge >= 0.3 is 0 Å². The van der Waals surface area contributed by atoms with Gasteiger partial charge in [-0.25, -0.2) is 0 Å². The summed E-state index contributed by atoms with van der Waals surface area (Å²) in [5, 5.41) is 0. The van der Waals surface area contributed by atoms with E-state index in [-0.39, 0.29) is 44.2 Å². The number of ether oxygens (including phenoxy) is 5. The first kappa shape index (κ1) is 30.9. The van der Waals surface area contributed by atoms with E-state index >= 15 is 0 Å². The summed E-state index contributed by atoms with van der Waals surface area (Å²) in [4.78, 5) is 20.1. The van der Waals surface area contributed by atoms with E-state index in [4.69, 9.17) is 23.7 Å². The first-order valence-corrected chi connectivity index (χ1v) is 11.1. The number of Topliss-reactive ketones (excluding diaryl/α,β-unsaturated/α-hetero) is 2. The van der Waals surface area contributed by atoms with Crippen molar-refractivity contribution < 1.29 is 59.5 Å². The summed E-state index contributed by atoms with van der Waals surface area (Å²) in [6, 6.07) is 4.12. The van der Waals surface area contributed by atoms with Crippen molar-refractivity contribution >= 4 is 11.6 Å². The number of fused-ring (bicyclic) bond motifs is 1. The number of carbonyl (C=O) groups excluding carboxylic acids is 2. The molecule has 0 radical (unpaired) electrons. The number of unbranched alkanes of at least 4 members (excludes halogenated alkanes) is 1. The Morgan fingerprint density at radius 3 is 1.84 bits per heavy atom. The second kappa shape index (κ2) is 19.4. The van der Waals surface area contributed by atoms with Crippen molar-refractivity contribution in [3.63, 3.8) is 0 Å². The first-order chi connectivity index (χ1) is 15.0. The van der Waals surface area contributed by atoms with Crippen LogP contribution in [0.15, 0.2) is 12.1 Å². The molecule has 0 unspecified atom stereocenters. The molecule has 180 valence electrons. The van der Waals surface area contributed by atoms with E-state index in [1.54, 1.807) is 0 Å². The minimum Gasteiger partial charge on any atom is -0.454 e. The van der Waals surface area contributed by atoms with Gasteiger partial charge in [0, 0.05) is 32.8 Å². The molecule has 8 heteroatoms. The summed E-state index contributed by atoms with van der Waals surface area (Å²) >= 11 is 0. The van der Waals surface area contributed by atoms with E-state index in [1.165, 1.54) is 25.0 Å². The second-order valence-corrected chi connectivity index (χ2v) is 7.44. The Bertz CT molecular complexity index is 652. The Morgan fingerprint density at radius 1 is 0.812 bits per heavy atom. The van der Waals surface area contributed by atoms with Crippen LogP contribution in [0.3, 0.4) is 0 Å². The number of hydrogen-bond donors (Lipinski definition) is 0. The first-order valence-electron chi connectivity index (χ1n) is 11.1. The van der Waals surface area contributed by atoms with Gasteiger partial charge in [-0.1, -0.05) is 26.7 Å². The van der Waals surface area contributed by atoms with Gasteiger partial charge in [0.2, 0.25) is 6.79 Å². The van der Waals surface area contributed by atoms with Crippen molar-refractivity contribution in [3.05, 3.63) is 23.3 Å². The molecule has 7 nitrogen and oxygen atoms in total. The van der Waals surface area contributed by atoms with Crippen LogP contribution in [0.25, 0.3) is 0 Å². The maximum absolute atomic E-state index is 10.0. The van der Waals surface area contributed by atoms with E-state index in [0.29, 0.717) is 39.8 Å². The van der Waals surface area contributed by atoms with Crippen LogP contribution in [0.4, 0.5) is 0 Å². The van der Waals surface area contributed by atoms with E-state index < -0.39 is 0 Å². The Labute approximate surface area is 211 Å². The predicted octanol–water partition coefficient (Wildman–Crippen LogP) is 4.27. The summed E-state index contributed by atoms with van der Waals surface area (Å²) < 4.78 is 27.6. The molecule has 0 saturated heterocycles. The van der Waals surface area contributed by atoms with Crippen LogP contribution >= 0.6 is 0 Å². The van der Waals surface area contributed by atoms with E-state index in [0.717, 1.165) is 43.8 Å². The SMILES string of the molecule is CC(=O)CC(C)=O.CCCCOCCOCCOCc1cc2c(cc1CCC)OCO2.[Zr]. The average molecular weight is 530 g/mol. The molecule has 1 aromatic rings. The standard InChI is InChI=1S/C19H30O5.C5H8O2.Zr/c1-3-5-7-20-8-9-21-10-11-22-14-17-13-19-18(23-15-24-19)12-16(17)6-4-2;1-4(6)3-5(2)7;/h12-13H,3-11,14-15H2,1-2H3;3H2,1-2H3;. The minimum absolute atomic E-state index is 0. The van der Waals surface area contributed by atoms with Gasteiger partial charge in [0.05, 0.1) is 39.5 Å². The number of hydrogen-bond acceptors (Lipinski definition) is 7. The molecule has 0 amide bonds. The molecule has 0 N–H and O–H groups in total. The van der Waals surface area contributed by atoms with Crippen molar-refractivity contribution in [2.24, 2.45) is 0 Å². The van der Waals surface area contributed by atoms with Gasteiger partial charge < -0.3 is 23.7 Å². The van der Waals surface area contributed by atoms with Crippen LogP contribution in [-0.4, -0.2) is 51.4 Å². The largest absolute Gasteiger partial charge is 0.454 e. The third-order valence-corrected chi connectivity index (χ3v) is 4.36. The predicted molar refractivity (Wildman–Crippen MR) is 119 cm³/mol. The molecular weight excluding hydrogens is 491 g/mol. The molecule has 0 saturated carbocycles. The monoisotopic (exact) mass is 528 g/mol. The Balaban J connectivity index is 0.00000104. The fraction of sp³-hybridized carbons (Fsp3) is 0.667. The van der Waals surface area contributed by atoms with Crippen molar-refractivity contribution in [1.82, 2.24) is 0 Å². The number of carbonyl (C=O) groups is 2. The molecule has 0 aliphatic carbocycles. The quantitative estimate of drug-likeness (QED) is 0.248. The molecule has 1 aliphatic heterocycles. The zero-order valence-electron chi connectivity index (χ0n) is 20.0. The normalized spacial score (nSPS) is 11.4. The van der Waals surface area contributed by atoms with Crippen molar-refractivity contribution in [2.45, 2.75) is 66.4 Å². The number of aryl methyl sites for hydroxylation is 1. The van der Waals surface area contributed by atoms with Gasteiger partial charge in [-0.3, -0.25) is 9.59 Å². The van der Waals surface area contributed by atoms with Gasteiger partial charge in [-0.15, -0.1) is 0 Å². The third kappa shape index (κ3) is 14.1. The maximum atomic E-state index is 10.0. The van der Waals surface area contributed by atoms with E-state index in [9.17, 15) is 9.59 Å². The fourth-order valence-electron chi connectivity index (χ4n) is 2.88. The van der Waals surface area contributed by atoms with Gasteiger partial charge in [0.15, 0.2) is 11.5 Å². The average Bonchev–Trinajstić information content (AvgIpc) is 3.16. The van der Waals surface area contributed by atoms with Gasteiger partial charge in [-0.2, -0.15) is 0 Å². The van der Waals surface area contributed by atoms with Crippen LogP contribution in [-0.2, 0) is 63.0 Å². The van der Waals surface area contributed by atoms with E-state index in [1.807, 2.05) is 6.07 Å². The molecule has 1 heterocycles. The summed E-state index contributed by atoms with van der Waals surface area (Å²) in [6.45, 7) is 11.3. The number of benzene rings is 1. The summed E-state index contributed by atoms with van der Waals surface area (Å²) in [6.07, 6.45) is 4.46. The molecule has 32 heavy (non-hydrogen) atoms. The van der Waals surface area contributed by atoms with Crippen LogP contribution in [0.1, 0.15) is 64.5 Å². The molecule has 1 aromatic carbocycles. The zero-order chi connectivity index (χ0) is 22.9. The topological polar surface area (TPSA) is 80.3 Å². The molecule has 0 fully saturated rings. The van der Waals surface area contributed by atoms with Crippen LogP contribution in [0.2, 0.25) is 0 Å². The fourth-order valence-corrected chi connectivity index (χ4v) is 2.88. The number of rotatable bonds is 15. The molecule has 0 spiro atoms. The Morgan fingerprint density at radius 2 is 1.34 bits per heavy atom. The number of ketones is 2. The van der Waals surface area contributed by atoms with Crippen molar-refractivity contribution in [3.8, 4) is 11.5 Å². The molecule has 0 bridgehead atoms. The summed E-state index contributed by atoms with van der Waals surface area (Å²) in [7, 11) is 0. The van der Waals surface area contributed by atoms with Crippen molar-refractivity contribution in [1.29, 1.82) is 0 Å².